The number of sulfonamides is 1. The first-order valence-corrected chi connectivity index (χ1v) is 8.96. The van der Waals surface area contributed by atoms with E-state index < -0.39 is 10.0 Å². The van der Waals surface area contributed by atoms with Gasteiger partial charge in [0.05, 0.1) is 11.2 Å². The number of imidazole rings is 1. The van der Waals surface area contributed by atoms with Crippen LogP contribution in [0.25, 0.3) is 0 Å². The lowest BCUT2D eigenvalue weighted by atomic mass is 10.4. The van der Waals surface area contributed by atoms with Crippen LogP contribution in [0.2, 0.25) is 0 Å². The van der Waals surface area contributed by atoms with Gasteiger partial charge in [-0.1, -0.05) is 15.9 Å². The molecule has 0 bridgehead atoms. The molecule has 0 atom stereocenters. The van der Waals surface area contributed by atoms with Gasteiger partial charge in [0.15, 0.2) is 0 Å². The number of hydrogen-bond acceptors (Lipinski definition) is 3. The van der Waals surface area contributed by atoms with Gasteiger partial charge in [-0.15, -0.1) is 0 Å². The first-order valence-electron chi connectivity index (χ1n) is 5.89. The summed E-state index contributed by atoms with van der Waals surface area (Å²) in [6.45, 7) is 1.10. The van der Waals surface area contributed by atoms with Crippen molar-refractivity contribution in [1.82, 2.24) is 14.3 Å². The lowest BCUT2D eigenvalue weighted by Crippen LogP contribution is -2.25. The maximum Gasteiger partial charge on any atom is 0.241 e. The molecule has 108 valence electrons. The first kappa shape index (κ1) is 15.7. The Hall–Kier alpha value is -0.700. The van der Waals surface area contributed by atoms with E-state index in [0.29, 0.717) is 17.4 Å². The second kappa shape index (κ2) is 6.84. The second-order valence-corrected chi connectivity index (χ2v) is 7.63. The smallest absolute Gasteiger partial charge is 0.241 e. The van der Waals surface area contributed by atoms with Crippen molar-refractivity contribution in [2.45, 2.75) is 17.9 Å². The van der Waals surface area contributed by atoms with Crippen LogP contribution in [0.1, 0.15) is 6.42 Å². The highest BCUT2D eigenvalue weighted by atomic mass is 79.9. The van der Waals surface area contributed by atoms with Gasteiger partial charge in [-0.3, -0.25) is 0 Å². The van der Waals surface area contributed by atoms with Crippen molar-refractivity contribution in [3.63, 3.8) is 0 Å². The Bertz CT molecular complexity index is 672. The third kappa shape index (κ3) is 4.15. The molecule has 1 N–H and O–H groups in total. The second-order valence-electron chi connectivity index (χ2n) is 4.13. The van der Waals surface area contributed by atoms with E-state index in [1.807, 2.05) is 10.8 Å². The number of halogens is 2. The van der Waals surface area contributed by atoms with Crippen LogP contribution in [0.15, 0.2) is 50.8 Å². The van der Waals surface area contributed by atoms with Crippen LogP contribution in [0.5, 0.6) is 0 Å². The predicted molar refractivity (Wildman–Crippen MR) is 83.9 cm³/mol. The van der Waals surface area contributed by atoms with Crippen molar-refractivity contribution in [3.8, 4) is 0 Å². The number of benzene rings is 1. The zero-order chi connectivity index (χ0) is 14.6. The van der Waals surface area contributed by atoms with Crippen LogP contribution in [0, 0.1) is 0 Å². The third-order valence-corrected chi connectivity index (χ3v) is 5.56. The Morgan fingerprint density at radius 3 is 2.75 bits per heavy atom. The summed E-state index contributed by atoms with van der Waals surface area (Å²) in [5.74, 6) is 0. The molecule has 1 aromatic heterocycles. The number of aromatic nitrogens is 2. The highest BCUT2D eigenvalue weighted by molar-refractivity contribution is 9.11. The van der Waals surface area contributed by atoms with Crippen molar-refractivity contribution in [3.05, 3.63) is 45.9 Å². The highest BCUT2D eigenvalue weighted by Gasteiger charge is 2.16. The number of nitrogens with one attached hydrogen (secondary N) is 1. The molecular weight excluding hydrogens is 410 g/mol. The van der Waals surface area contributed by atoms with Crippen LogP contribution < -0.4 is 4.72 Å². The van der Waals surface area contributed by atoms with Gasteiger partial charge in [-0.25, -0.2) is 18.1 Å². The van der Waals surface area contributed by atoms with Crippen LogP contribution in [0.3, 0.4) is 0 Å². The highest BCUT2D eigenvalue weighted by Crippen LogP contribution is 2.25. The van der Waals surface area contributed by atoms with E-state index in [2.05, 4.69) is 41.6 Å². The molecule has 1 aromatic carbocycles. The molecular formula is C12H13Br2N3O2S. The number of nitrogens with zero attached hydrogens (tertiary/aromatic N) is 2. The summed E-state index contributed by atoms with van der Waals surface area (Å²) in [5, 5.41) is 0. The normalized spacial score (nSPS) is 11.7. The molecule has 8 heteroatoms. The molecule has 0 fully saturated rings. The Morgan fingerprint density at radius 1 is 1.30 bits per heavy atom. The summed E-state index contributed by atoms with van der Waals surface area (Å²) < 4.78 is 30.2. The third-order valence-electron chi connectivity index (χ3n) is 2.63. The molecule has 0 radical (unpaired) electrons. The van der Waals surface area contributed by atoms with Crippen LogP contribution in [-0.2, 0) is 16.6 Å². The molecule has 0 saturated heterocycles. The van der Waals surface area contributed by atoms with Crippen molar-refractivity contribution in [1.29, 1.82) is 0 Å². The molecule has 0 aliphatic carbocycles. The lowest BCUT2D eigenvalue weighted by molar-refractivity contribution is 0.569. The molecule has 0 unspecified atom stereocenters. The van der Waals surface area contributed by atoms with Gasteiger partial charge in [0.1, 0.15) is 0 Å². The van der Waals surface area contributed by atoms with E-state index in [9.17, 15) is 8.42 Å². The number of hydrogen-bond donors (Lipinski definition) is 1. The number of rotatable bonds is 6. The summed E-state index contributed by atoms with van der Waals surface area (Å²) in [6.07, 6.45) is 5.95. The fourth-order valence-electron chi connectivity index (χ4n) is 1.66. The SMILES string of the molecule is O=S(=O)(NCCCn1ccnc1)c1ccc(Br)cc1Br. The lowest BCUT2D eigenvalue weighted by Gasteiger charge is -2.09. The fourth-order valence-corrected chi connectivity index (χ4v) is 4.48. The van der Waals surface area contributed by atoms with Crippen molar-refractivity contribution < 1.29 is 8.42 Å². The molecule has 0 spiro atoms. The maximum atomic E-state index is 12.2. The minimum absolute atomic E-state index is 0.239. The van der Waals surface area contributed by atoms with E-state index in [0.717, 1.165) is 11.0 Å². The van der Waals surface area contributed by atoms with Gasteiger partial charge < -0.3 is 4.57 Å². The Morgan fingerprint density at radius 2 is 2.10 bits per heavy atom. The fraction of sp³-hybridized carbons (Fsp3) is 0.250. The van der Waals surface area contributed by atoms with Gasteiger partial charge in [0.25, 0.3) is 0 Å². The topological polar surface area (TPSA) is 64.0 Å². The van der Waals surface area contributed by atoms with Crippen molar-refractivity contribution in [2.24, 2.45) is 0 Å². The van der Waals surface area contributed by atoms with Crippen LogP contribution >= 0.6 is 31.9 Å². The monoisotopic (exact) mass is 421 g/mol. The average molecular weight is 423 g/mol. The Labute approximate surface area is 134 Å². The predicted octanol–water partition coefficient (Wildman–Crippen LogP) is 2.78. The quantitative estimate of drug-likeness (QED) is 0.728. The molecule has 20 heavy (non-hydrogen) atoms. The number of aryl methyl sites for hydroxylation is 1. The van der Waals surface area contributed by atoms with Gasteiger partial charge >= 0.3 is 0 Å². The maximum absolute atomic E-state index is 12.2. The molecule has 5 nitrogen and oxygen atoms in total. The van der Waals surface area contributed by atoms with E-state index in [1.165, 1.54) is 0 Å². The molecule has 0 saturated carbocycles. The first-order chi connectivity index (χ1) is 9.49. The van der Waals surface area contributed by atoms with E-state index in [-0.39, 0.29) is 4.90 Å². The Balaban J connectivity index is 1.93. The average Bonchev–Trinajstić information content (AvgIpc) is 2.87. The van der Waals surface area contributed by atoms with Gasteiger partial charge in [0.2, 0.25) is 10.0 Å². The molecule has 0 amide bonds. The van der Waals surface area contributed by atoms with Gasteiger partial charge in [0, 0.05) is 34.4 Å². The van der Waals surface area contributed by atoms with E-state index >= 15 is 0 Å². The van der Waals surface area contributed by atoms with Crippen LogP contribution in [0.4, 0.5) is 0 Å². The zero-order valence-electron chi connectivity index (χ0n) is 10.5. The molecule has 0 aliphatic rings. The standard InChI is InChI=1S/C12H13Br2N3O2S/c13-10-2-3-12(11(14)8-10)20(18,19)16-4-1-6-17-7-5-15-9-17/h2-3,5,7-9,16H,1,4,6H2. The van der Waals surface area contributed by atoms with Crippen molar-refractivity contribution >= 4 is 41.9 Å². The van der Waals surface area contributed by atoms with Crippen LogP contribution in [-0.4, -0.2) is 24.5 Å². The van der Waals surface area contributed by atoms with E-state index in [1.54, 1.807) is 30.7 Å². The van der Waals surface area contributed by atoms with Crippen molar-refractivity contribution in [2.75, 3.05) is 6.54 Å². The van der Waals surface area contributed by atoms with E-state index in [4.69, 9.17) is 0 Å². The summed E-state index contributed by atoms with van der Waals surface area (Å²) in [6, 6.07) is 4.97. The summed E-state index contributed by atoms with van der Waals surface area (Å²) in [7, 11) is -3.49. The molecule has 2 rings (SSSR count). The van der Waals surface area contributed by atoms with Gasteiger partial charge in [-0.05, 0) is 40.5 Å². The minimum atomic E-state index is -3.49. The zero-order valence-corrected chi connectivity index (χ0v) is 14.4. The summed E-state index contributed by atoms with van der Waals surface area (Å²) in [5.41, 5.74) is 0. The molecule has 1 heterocycles. The molecule has 0 aliphatic heterocycles. The Kier molecular flexibility index (Phi) is 5.36. The van der Waals surface area contributed by atoms with Gasteiger partial charge in [-0.2, -0.15) is 0 Å². The summed E-state index contributed by atoms with van der Waals surface area (Å²) in [4.78, 5) is 4.17. The summed E-state index contributed by atoms with van der Waals surface area (Å²) >= 11 is 6.56. The molecule has 2 aromatic rings. The largest absolute Gasteiger partial charge is 0.337 e. The minimum Gasteiger partial charge on any atom is -0.337 e.